The molecule has 1 aromatic heterocycles. The number of benzene rings is 5. The van der Waals surface area contributed by atoms with Gasteiger partial charge >= 0.3 is 0 Å². The number of methoxy groups -OCH3 is 1. The predicted molar refractivity (Wildman–Crippen MR) is 196 cm³/mol. The van der Waals surface area contributed by atoms with Gasteiger partial charge in [0.25, 0.3) is 0 Å². The second-order valence-electron chi connectivity index (χ2n) is 13.2. The lowest BCUT2D eigenvalue weighted by Crippen LogP contribution is -2.11. The van der Waals surface area contributed by atoms with Crippen LogP contribution in [0.25, 0.3) is 32.6 Å². The Bertz CT molecular complexity index is 2140. The number of aryl methyl sites for hydroxylation is 4. The van der Waals surface area contributed by atoms with Gasteiger partial charge in [0.1, 0.15) is 5.75 Å². The van der Waals surface area contributed by atoms with Crippen LogP contribution < -0.4 is 4.74 Å². The largest absolute Gasteiger partial charge is 0.497 e. The van der Waals surface area contributed by atoms with Crippen LogP contribution in [0.1, 0.15) is 93.6 Å². The number of ether oxygens (including phenoxy) is 1. The number of hydrogen-bond acceptors (Lipinski definition) is 3. The number of hydrogen-bond donors (Lipinski definition) is 0. The Morgan fingerprint density at radius 2 is 1.47 bits per heavy atom. The van der Waals surface area contributed by atoms with E-state index in [1.165, 1.54) is 12.8 Å². The highest BCUT2D eigenvalue weighted by Gasteiger charge is 2.24. The number of nitrogens with zero attached hydrogens (tertiary/aromatic N) is 1. The minimum Gasteiger partial charge on any atom is -0.497 e. The van der Waals surface area contributed by atoms with Crippen LogP contribution in [-0.4, -0.2) is 23.2 Å². The Morgan fingerprint density at radius 3 is 2.15 bits per heavy atom. The first-order valence-electron chi connectivity index (χ1n) is 17.0. The first-order chi connectivity index (χ1) is 22.7. The van der Waals surface area contributed by atoms with Crippen molar-refractivity contribution in [2.24, 2.45) is 5.92 Å². The highest BCUT2D eigenvalue weighted by molar-refractivity contribution is 6.27. The Kier molecular flexibility index (Phi) is 9.05. The molecule has 240 valence electrons. The lowest BCUT2D eigenvalue weighted by Gasteiger charge is -2.19. The minimum absolute atomic E-state index is 0.00238. The van der Waals surface area contributed by atoms with E-state index in [0.717, 1.165) is 79.8 Å². The van der Waals surface area contributed by atoms with Crippen molar-refractivity contribution in [2.75, 3.05) is 7.11 Å². The molecule has 5 aromatic carbocycles. The fraction of sp³-hybridized carbons (Fsp3) is 0.302. The van der Waals surface area contributed by atoms with E-state index in [1.54, 1.807) is 7.11 Å². The van der Waals surface area contributed by atoms with Gasteiger partial charge in [-0.1, -0.05) is 75.1 Å². The van der Waals surface area contributed by atoms with Crippen LogP contribution in [0.4, 0.5) is 0 Å². The fourth-order valence-corrected chi connectivity index (χ4v) is 7.47. The molecule has 0 radical (unpaired) electrons. The second-order valence-corrected chi connectivity index (χ2v) is 13.2. The van der Waals surface area contributed by atoms with E-state index in [0.29, 0.717) is 28.4 Å². The standard InChI is InChI=1S/C43H45NO3/c1-8-10-14-30(9-2)25-44-39-19-16-31(42(45)33-15-12-11-13-27(33)4)22-36(39)37-24-38(35-23-32(47-7)17-18-34(35)41(37)44)43(46)40-28(5)20-26(3)21-29(40)6/h11-13,15-24,30H,8-10,14,25H2,1-7H3. The molecule has 0 saturated carbocycles. The van der Waals surface area contributed by atoms with E-state index in [9.17, 15) is 9.59 Å². The number of aromatic nitrogens is 1. The van der Waals surface area contributed by atoms with E-state index in [-0.39, 0.29) is 11.6 Å². The van der Waals surface area contributed by atoms with Crippen molar-refractivity contribution in [3.8, 4) is 5.75 Å². The molecule has 0 spiro atoms. The van der Waals surface area contributed by atoms with Crippen LogP contribution >= 0.6 is 0 Å². The molecule has 0 saturated heterocycles. The third kappa shape index (κ3) is 5.86. The Labute approximate surface area is 278 Å². The van der Waals surface area contributed by atoms with Gasteiger partial charge in [-0.2, -0.15) is 0 Å². The molecule has 47 heavy (non-hydrogen) atoms. The van der Waals surface area contributed by atoms with Crippen LogP contribution in [-0.2, 0) is 6.54 Å². The van der Waals surface area contributed by atoms with Gasteiger partial charge in [-0.25, -0.2) is 0 Å². The Hall–Kier alpha value is -4.70. The maximum atomic E-state index is 14.6. The third-order valence-corrected chi connectivity index (χ3v) is 9.95. The maximum absolute atomic E-state index is 14.6. The molecule has 0 fully saturated rings. The molecule has 6 rings (SSSR count). The molecule has 4 nitrogen and oxygen atoms in total. The molecule has 0 aliphatic carbocycles. The van der Waals surface area contributed by atoms with E-state index in [4.69, 9.17) is 4.74 Å². The van der Waals surface area contributed by atoms with Gasteiger partial charge in [-0.05, 0) is 105 Å². The monoisotopic (exact) mass is 623 g/mol. The summed E-state index contributed by atoms with van der Waals surface area (Å²) in [6.07, 6.45) is 4.60. The summed E-state index contributed by atoms with van der Waals surface area (Å²) in [5.41, 5.74) is 8.97. The molecule has 1 atom stereocenters. The molecule has 1 unspecified atom stereocenters. The molecular weight excluding hydrogens is 578 g/mol. The van der Waals surface area contributed by atoms with Crippen LogP contribution in [0, 0.1) is 33.6 Å². The molecule has 0 amide bonds. The van der Waals surface area contributed by atoms with E-state index in [2.05, 4.69) is 55.7 Å². The van der Waals surface area contributed by atoms with Crippen molar-refractivity contribution in [1.82, 2.24) is 4.57 Å². The molecule has 0 aliphatic heterocycles. The topological polar surface area (TPSA) is 48.3 Å². The molecule has 4 heteroatoms. The summed E-state index contributed by atoms with van der Waals surface area (Å²) in [5.74, 6) is 1.23. The number of carbonyl (C=O) groups excluding carboxylic acids is 2. The predicted octanol–water partition coefficient (Wildman–Crippen LogP) is 10.9. The highest BCUT2D eigenvalue weighted by Crippen LogP contribution is 2.40. The molecule has 6 aromatic rings. The first kappa shape index (κ1) is 32.2. The van der Waals surface area contributed by atoms with Crippen molar-refractivity contribution in [3.63, 3.8) is 0 Å². The lowest BCUT2D eigenvalue weighted by atomic mass is 9.89. The van der Waals surface area contributed by atoms with Gasteiger partial charge in [-0.3, -0.25) is 9.59 Å². The van der Waals surface area contributed by atoms with Crippen LogP contribution in [0.2, 0.25) is 0 Å². The van der Waals surface area contributed by atoms with Gasteiger partial charge in [0.2, 0.25) is 0 Å². The van der Waals surface area contributed by atoms with Crippen molar-refractivity contribution in [2.45, 2.75) is 73.8 Å². The van der Waals surface area contributed by atoms with Gasteiger partial charge < -0.3 is 9.30 Å². The average molecular weight is 624 g/mol. The van der Waals surface area contributed by atoms with Crippen molar-refractivity contribution >= 4 is 44.1 Å². The molecular formula is C43H45NO3. The van der Waals surface area contributed by atoms with Gasteiger partial charge in [0.15, 0.2) is 11.6 Å². The van der Waals surface area contributed by atoms with E-state index >= 15 is 0 Å². The van der Waals surface area contributed by atoms with Crippen molar-refractivity contribution < 1.29 is 14.3 Å². The zero-order valence-electron chi connectivity index (χ0n) is 28.8. The van der Waals surface area contributed by atoms with Crippen LogP contribution in [0.3, 0.4) is 0 Å². The SMILES string of the molecule is CCCCC(CC)Cn1c2ccc(C(=O)c3ccccc3C)cc2c2cc(C(=O)c3c(C)cc(C)cc3C)c3cc(OC)ccc3c21. The second kappa shape index (κ2) is 13.2. The first-order valence-corrected chi connectivity index (χ1v) is 17.0. The van der Waals surface area contributed by atoms with Crippen molar-refractivity contribution in [3.05, 3.63) is 123 Å². The summed E-state index contributed by atoms with van der Waals surface area (Å²) in [6.45, 7) is 13.5. The van der Waals surface area contributed by atoms with Gasteiger partial charge in [0.05, 0.1) is 12.6 Å². The summed E-state index contributed by atoms with van der Waals surface area (Å²) in [7, 11) is 1.67. The average Bonchev–Trinajstić information content (AvgIpc) is 3.37. The zero-order chi connectivity index (χ0) is 33.4. The molecule has 0 aliphatic rings. The number of fused-ring (bicyclic) bond motifs is 5. The number of unbranched alkanes of at least 4 members (excludes halogenated alkanes) is 1. The summed E-state index contributed by atoms with van der Waals surface area (Å²) < 4.78 is 8.14. The summed E-state index contributed by atoms with van der Waals surface area (Å²) in [6, 6.07) is 26.2. The van der Waals surface area contributed by atoms with E-state index < -0.39 is 0 Å². The maximum Gasteiger partial charge on any atom is 0.194 e. The molecule has 0 bridgehead atoms. The molecule has 1 heterocycles. The smallest absolute Gasteiger partial charge is 0.194 e. The minimum atomic E-state index is 0.00238. The van der Waals surface area contributed by atoms with Crippen molar-refractivity contribution in [1.29, 1.82) is 0 Å². The highest BCUT2D eigenvalue weighted by atomic mass is 16.5. The Balaban J connectivity index is 1.68. The van der Waals surface area contributed by atoms with Gasteiger partial charge in [0, 0.05) is 50.5 Å². The summed E-state index contributed by atoms with van der Waals surface area (Å²) in [5, 5.41) is 3.88. The zero-order valence-corrected chi connectivity index (χ0v) is 28.8. The number of carbonyl (C=O) groups is 2. The number of ketones is 2. The normalized spacial score (nSPS) is 12.2. The van der Waals surface area contributed by atoms with Gasteiger partial charge in [-0.15, -0.1) is 0 Å². The number of rotatable bonds is 11. The lowest BCUT2D eigenvalue weighted by molar-refractivity contribution is 0.103. The van der Waals surface area contributed by atoms with Crippen LogP contribution in [0.5, 0.6) is 5.75 Å². The fourth-order valence-electron chi connectivity index (χ4n) is 7.47. The summed E-state index contributed by atoms with van der Waals surface area (Å²) in [4.78, 5) is 28.5. The van der Waals surface area contributed by atoms with E-state index in [1.807, 2.05) is 69.3 Å². The summed E-state index contributed by atoms with van der Waals surface area (Å²) >= 11 is 0. The quantitative estimate of drug-likeness (QED) is 0.135. The van der Waals surface area contributed by atoms with Crippen LogP contribution in [0.15, 0.2) is 78.9 Å². The third-order valence-electron chi connectivity index (χ3n) is 9.95. The Morgan fingerprint density at radius 1 is 0.723 bits per heavy atom. The molecule has 0 N–H and O–H groups in total.